The van der Waals surface area contributed by atoms with Crippen molar-refractivity contribution < 1.29 is 29.0 Å². The van der Waals surface area contributed by atoms with Crippen molar-refractivity contribution in [1.29, 1.82) is 5.26 Å². The SMILES string of the molecule is COC(=O)[C@H](C[C@@H](C)C#N)NC(=O)[C@@H](NC(=O)OCc1ccccc1)[C@@H](C)O. The van der Waals surface area contributed by atoms with Crippen LogP contribution < -0.4 is 10.6 Å². The molecule has 9 nitrogen and oxygen atoms in total. The van der Waals surface area contributed by atoms with Crippen molar-refractivity contribution in [1.82, 2.24) is 10.6 Å². The Balaban J connectivity index is 2.71. The Morgan fingerprint density at radius 2 is 1.82 bits per heavy atom. The van der Waals surface area contributed by atoms with Gasteiger partial charge in [0.15, 0.2) is 0 Å². The van der Waals surface area contributed by atoms with Crippen molar-refractivity contribution in [2.45, 2.75) is 45.1 Å². The smallest absolute Gasteiger partial charge is 0.408 e. The van der Waals surface area contributed by atoms with E-state index in [-0.39, 0.29) is 13.0 Å². The summed E-state index contributed by atoms with van der Waals surface area (Å²) in [6.45, 7) is 2.89. The summed E-state index contributed by atoms with van der Waals surface area (Å²) in [7, 11) is 1.16. The average Bonchev–Trinajstić information content (AvgIpc) is 2.69. The third-order valence-electron chi connectivity index (χ3n) is 3.86. The van der Waals surface area contributed by atoms with Gasteiger partial charge < -0.3 is 25.2 Å². The zero-order chi connectivity index (χ0) is 21.1. The molecule has 0 aliphatic heterocycles. The van der Waals surface area contributed by atoms with Crippen molar-refractivity contribution in [3.05, 3.63) is 35.9 Å². The first-order valence-corrected chi connectivity index (χ1v) is 8.71. The highest BCUT2D eigenvalue weighted by Crippen LogP contribution is 2.08. The second-order valence-corrected chi connectivity index (χ2v) is 6.27. The molecule has 0 saturated heterocycles. The molecule has 1 aromatic carbocycles. The minimum absolute atomic E-state index is 0.00864. The molecular weight excluding hydrogens is 366 g/mol. The summed E-state index contributed by atoms with van der Waals surface area (Å²) in [5.74, 6) is -2.04. The van der Waals surface area contributed by atoms with Crippen LogP contribution in [-0.4, -0.2) is 48.4 Å². The van der Waals surface area contributed by atoms with E-state index < -0.39 is 42.1 Å². The van der Waals surface area contributed by atoms with Crippen LogP contribution in [0.2, 0.25) is 0 Å². The molecule has 0 fully saturated rings. The number of nitrogens with zero attached hydrogens (tertiary/aromatic N) is 1. The summed E-state index contributed by atoms with van der Waals surface area (Å²) in [4.78, 5) is 36.3. The molecule has 0 aliphatic rings. The fraction of sp³-hybridized carbons (Fsp3) is 0.474. The molecule has 4 atom stereocenters. The van der Waals surface area contributed by atoms with Crippen LogP contribution in [0.1, 0.15) is 25.8 Å². The quantitative estimate of drug-likeness (QED) is 0.531. The molecule has 0 aromatic heterocycles. The Bertz CT molecular complexity index is 701. The highest BCUT2D eigenvalue weighted by molar-refractivity contribution is 5.90. The van der Waals surface area contributed by atoms with Crippen LogP contribution in [0.5, 0.6) is 0 Å². The fourth-order valence-corrected chi connectivity index (χ4v) is 2.32. The van der Waals surface area contributed by atoms with Gasteiger partial charge in [0.2, 0.25) is 5.91 Å². The first-order chi connectivity index (χ1) is 13.3. The summed E-state index contributed by atoms with van der Waals surface area (Å²) < 4.78 is 9.67. The zero-order valence-corrected chi connectivity index (χ0v) is 16.0. The first-order valence-electron chi connectivity index (χ1n) is 8.71. The molecule has 0 bridgehead atoms. The van der Waals surface area contributed by atoms with Crippen molar-refractivity contribution >= 4 is 18.0 Å². The molecule has 0 unspecified atom stereocenters. The van der Waals surface area contributed by atoms with E-state index in [1.54, 1.807) is 31.2 Å². The maximum absolute atomic E-state index is 12.5. The van der Waals surface area contributed by atoms with Gasteiger partial charge in [-0.15, -0.1) is 0 Å². The number of aliphatic hydroxyl groups excluding tert-OH is 1. The number of methoxy groups -OCH3 is 1. The molecule has 2 amide bonds. The van der Waals surface area contributed by atoms with Gasteiger partial charge in [-0.3, -0.25) is 4.79 Å². The minimum atomic E-state index is -1.35. The van der Waals surface area contributed by atoms with E-state index in [0.29, 0.717) is 0 Å². The van der Waals surface area contributed by atoms with Crippen molar-refractivity contribution in [2.75, 3.05) is 7.11 Å². The lowest BCUT2D eigenvalue weighted by Crippen LogP contribution is -2.56. The number of rotatable bonds is 9. The van der Waals surface area contributed by atoms with Gasteiger partial charge in [-0.25, -0.2) is 9.59 Å². The number of esters is 1. The zero-order valence-electron chi connectivity index (χ0n) is 16.0. The molecule has 0 spiro atoms. The van der Waals surface area contributed by atoms with E-state index in [1.165, 1.54) is 6.92 Å². The Labute approximate surface area is 163 Å². The Hall–Kier alpha value is -3.12. The van der Waals surface area contributed by atoms with Crippen LogP contribution >= 0.6 is 0 Å². The molecule has 0 saturated carbocycles. The van der Waals surface area contributed by atoms with Gasteiger partial charge in [0, 0.05) is 5.92 Å². The summed E-state index contributed by atoms with van der Waals surface area (Å²) in [5, 5.41) is 23.4. The molecule has 28 heavy (non-hydrogen) atoms. The van der Waals surface area contributed by atoms with E-state index in [9.17, 15) is 19.5 Å². The molecule has 3 N–H and O–H groups in total. The largest absolute Gasteiger partial charge is 0.467 e. The molecule has 1 aromatic rings. The van der Waals surface area contributed by atoms with Gasteiger partial charge in [-0.2, -0.15) is 5.26 Å². The number of nitriles is 1. The number of amides is 2. The molecule has 0 heterocycles. The third-order valence-corrected chi connectivity index (χ3v) is 3.86. The monoisotopic (exact) mass is 391 g/mol. The number of hydrogen-bond acceptors (Lipinski definition) is 7. The fourth-order valence-electron chi connectivity index (χ4n) is 2.32. The summed E-state index contributed by atoms with van der Waals surface area (Å²) in [5.41, 5.74) is 0.756. The van der Waals surface area contributed by atoms with Crippen molar-refractivity contribution in [2.24, 2.45) is 5.92 Å². The highest BCUT2D eigenvalue weighted by Gasteiger charge is 2.31. The summed E-state index contributed by atoms with van der Waals surface area (Å²) in [6.07, 6.45) is -2.12. The van der Waals surface area contributed by atoms with Gasteiger partial charge in [-0.1, -0.05) is 30.3 Å². The predicted octanol–water partition coefficient (Wildman–Crippen LogP) is 0.870. The molecule has 0 aliphatic carbocycles. The van der Waals surface area contributed by atoms with Crippen LogP contribution in [0.4, 0.5) is 4.79 Å². The molecular formula is C19H25N3O6. The lowest BCUT2D eigenvalue weighted by atomic mass is 10.0. The number of hydrogen-bond donors (Lipinski definition) is 3. The highest BCUT2D eigenvalue weighted by atomic mass is 16.5. The molecule has 1 rings (SSSR count). The predicted molar refractivity (Wildman–Crippen MR) is 98.6 cm³/mol. The number of carbonyl (C=O) groups is 3. The van der Waals surface area contributed by atoms with E-state index in [0.717, 1.165) is 12.7 Å². The number of alkyl carbamates (subject to hydrolysis) is 1. The second-order valence-electron chi connectivity index (χ2n) is 6.27. The van der Waals surface area contributed by atoms with Crippen LogP contribution in [0.3, 0.4) is 0 Å². The van der Waals surface area contributed by atoms with Crippen LogP contribution in [0.25, 0.3) is 0 Å². The number of benzene rings is 1. The number of carbonyl (C=O) groups excluding carboxylic acids is 3. The van der Waals surface area contributed by atoms with Gasteiger partial charge in [0.1, 0.15) is 18.7 Å². The Morgan fingerprint density at radius 1 is 1.18 bits per heavy atom. The third kappa shape index (κ3) is 7.63. The molecule has 0 radical (unpaired) electrons. The minimum Gasteiger partial charge on any atom is -0.467 e. The van der Waals surface area contributed by atoms with Crippen molar-refractivity contribution in [3.8, 4) is 6.07 Å². The summed E-state index contributed by atoms with van der Waals surface area (Å²) in [6, 6.07) is 8.46. The van der Waals surface area contributed by atoms with Gasteiger partial charge >= 0.3 is 12.1 Å². The number of nitrogens with one attached hydrogen (secondary N) is 2. The molecule has 152 valence electrons. The average molecular weight is 391 g/mol. The summed E-state index contributed by atoms with van der Waals surface area (Å²) >= 11 is 0. The van der Waals surface area contributed by atoms with E-state index in [4.69, 9.17) is 10.00 Å². The standard InChI is InChI=1S/C19H25N3O6/c1-12(10-20)9-15(18(25)27-3)21-17(24)16(13(2)23)22-19(26)28-11-14-7-5-4-6-8-14/h4-8,12-13,15-16,23H,9,11H2,1-3H3,(H,21,24)(H,22,26)/t12-,13-,15+,16+/m1/s1. The first kappa shape index (κ1) is 22.9. The maximum Gasteiger partial charge on any atom is 0.408 e. The number of aliphatic hydroxyl groups is 1. The van der Waals surface area contributed by atoms with Crippen molar-refractivity contribution in [3.63, 3.8) is 0 Å². The van der Waals surface area contributed by atoms with Crippen LogP contribution in [-0.2, 0) is 25.7 Å². The maximum atomic E-state index is 12.5. The lowest BCUT2D eigenvalue weighted by Gasteiger charge is -2.24. The number of ether oxygens (including phenoxy) is 2. The topological polar surface area (TPSA) is 138 Å². The molecule has 9 heteroatoms. The Kier molecular flexibility index (Phi) is 9.47. The van der Waals surface area contributed by atoms with E-state index in [1.807, 2.05) is 12.1 Å². The van der Waals surface area contributed by atoms with Gasteiger partial charge in [0.25, 0.3) is 0 Å². The second kappa shape index (κ2) is 11.6. The van der Waals surface area contributed by atoms with E-state index in [2.05, 4.69) is 15.4 Å². The van der Waals surface area contributed by atoms with Gasteiger partial charge in [0.05, 0.1) is 19.3 Å². The van der Waals surface area contributed by atoms with Crippen LogP contribution in [0, 0.1) is 17.2 Å². The van der Waals surface area contributed by atoms with E-state index >= 15 is 0 Å². The normalized spacial score (nSPS) is 14.5. The van der Waals surface area contributed by atoms with Gasteiger partial charge in [-0.05, 0) is 25.8 Å². The Morgan fingerprint density at radius 3 is 2.36 bits per heavy atom. The van der Waals surface area contributed by atoms with Crippen LogP contribution in [0.15, 0.2) is 30.3 Å². The lowest BCUT2D eigenvalue weighted by molar-refractivity contribution is -0.146.